The van der Waals surface area contributed by atoms with Crippen molar-refractivity contribution in [3.8, 4) is 0 Å². The van der Waals surface area contributed by atoms with Crippen molar-refractivity contribution in [1.29, 1.82) is 0 Å². The third-order valence-corrected chi connectivity index (χ3v) is 3.06. The lowest BCUT2D eigenvalue weighted by atomic mass is 9.92. The van der Waals surface area contributed by atoms with Crippen molar-refractivity contribution in [3.05, 3.63) is 0 Å². The van der Waals surface area contributed by atoms with E-state index < -0.39 is 0 Å². The lowest BCUT2D eigenvalue weighted by Crippen LogP contribution is -2.40. The lowest BCUT2D eigenvalue weighted by Gasteiger charge is -2.28. The topological polar surface area (TPSA) is 24.1 Å². The van der Waals surface area contributed by atoms with E-state index in [0.29, 0.717) is 0 Å². The van der Waals surface area contributed by atoms with Crippen LogP contribution in [-0.4, -0.2) is 25.7 Å². The highest BCUT2D eigenvalue weighted by molar-refractivity contribution is 4.92. The Morgan fingerprint density at radius 3 is 2.45 bits per heavy atom. The van der Waals surface area contributed by atoms with Crippen LogP contribution in [0.5, 0.6) is 0 Å². The van der Waals surface area contributed by atoms with Crippen molar-refractivity contribution >= 4 is 0 Å². The Labute approximate surface area is 68.7 Å². The van der Waals surface area contributed by atoms with Crippen molar-refractivity contribution in [1.82, 2.24) is 10.6 Å². The second kappa shape index (κ2) is 3.11. The molecule has 2 aliphatic heterocycles. The van der Waals surface area contributed by atoms with E-state index in [1.807, 2.05) is 0 Å². The van der Waals surface area contributed by atoms with Gasteiger partial charge in [-0.2, -0.15) is 0 Å². The largest absolute Gasteiger partial charge is 0.319 e. The smallest absolute Gasteiger partial charge is 0.00733 e. The van der Waals surface area contributed by atoms with Gasteiger partial charge in [-0.15, -0.1) is 0 Å². The van der Waals surface area contributed by atoms with E-state index in [2.05, 4.69) is 17.7 Å². The van der Waals surface area contributed by atoms with Gasteiger partial charge in [0, 0.05) is 12.1 Å². The summed E-state index contributed by atoms with van der Waals surface area (Å²) >= 11 is 0. The Kier molecular flexibility index (Phi) is 2.14. The molecule has 2 nitrogen and oxygen atoms in total. The van der Waals surface area contributed by atoms with Crippen LogP contribution in [0.2, 0.25) is 0 Å². The van der Waals surface area contributed by atoms with Crippen molar-refractivity contribution in [2.45, 2.75) is 37.8 Å². The Morgan fingerprint density at radius 2 is 1.91 bits per heavy atom. The van der Waals surface area contributed by atoms with Gasteiger partial charge in [-0.05, 0) is 45.2 Å². The van der Waals surface area contributed by atoms with Crippen molar-refractivity contribution in [2.24, 2.45) is 5.92 Å². The van der Waals surface area contributed by atoms with E-state index in [1.165, 1.54) is 32.2 Å². The summed E-state index contributed by atoms with van der Waals surface area (Å²) in [6, 6.07) is 1.71. The first kappa shape index (κ1) is 7.56. The zero-order valence-corrected chi connectivity index (χ0v) is 7.27. The van der Waals surface area contributed by atoms with Crippen LogP contribution in [0.1, 0.15) is 25.7 Å². The molecule has 64 valence electrons. The number of rotatable bonds is 2. The molecule has 2 fully saturated rings. The van der Waals surface area contributed by atoms with Crippen LogP contribution in [0, 0.1) is 5.92 Å². The first-order valence-corrected chi connectivity index (χ1v) is 4.79. The second-order valence-corrected chi connectivity index (χ2v) is 4.03. The second-order valence-electron chi connectivity index (χ2n) is 4.03. The predicted octanol–water partition coefficient (Wildman–Crippen LogP) is 0.736. The van der Waals surface area contributed by atoms with Gasteiger partial charge in [0.1, 0.15) is 0 Å². The molecule has 0 aromatic heterocycles. The van der Waals surface area contributed by atoms with E-state index in [1.54, 1.807) is 0 Å². The van der Waals surface area contributed by atoms with Gasteiger partial charge < -0.3 is 10.6 Å². The molecule has 2 heterocycles. The number of hydrogen-bond acceptors (Lipinski definition) is 2. The van der Waals surface area contributed by atoms with E-state index in [-0.39, 0.29) is 0 Å². The van der Waals surface area contributed by atoms with Crippen LogP contribution >= 0.6 is 0 Å². The number of hydrogen-bond donors (Lipinski definition) is 2. The molecule has 2 bridgehead atoms. The average Bonchev–Trinajstić information content (AvgIpc) is 2.32. The molecular weight excluding hydrogens is 136 g/mol. The van der Waals surface area contributed by atoms with Crippen molar-refractivity contribution < 1.29 is 0 Å². The molecule has 2 N–H and O–H groups in total. The van der Waals surface area contributed by atoms with Gasteiger partial charge in [0.15, 0.2) is 0 Å². The van der Waals surface area contributed by atoms with Crippen LogP contribution in [-0.2, 0) is 0 Å². The minimum atomic E-state index is 0.854. The molecule has 2 atom stereocenters. The summed E-state index contributed by atoms with van der Waals surface area (Å²) in [5.74, 6) is 0.943. The van der Waals surface area contributed by atoms with Crippen LogP contribution in [0.25, 0.3) is 0 Å². The monoisotopic (exact) mass is 154 g/mol. The molecule has 2 unspecified atom stereocenters. The summed E-state index contributed by atoms with van der Waals surface area (Å²) in [5.41, 5.74) is 0. The first-order valence-electron chi connectivity index (χ1n) is 4.79. The molecule has 0 saturated carbocycles. The molecule has 2 heteroatoms. The van der Waals surface area contributed by atoms with Gasteiger partial charge in [0.25, 0.3) is 0 Å². The normalized spacial score (nSPS) is 42.8. The molecule has 0 amide bonds. The number of piperidine rings is 1. The summed E-state index contributed by atoms with van der Waals surface area (Å²) < 4.78 is 0. The SMILES string of the molecule is CNCC1CC2CCC(C1)N2. The maximum Gasteiger partial charge on any atom is 0.00733 e. The first-order chi connectivity index (χ1) is 5.38. The summed E-state index contributed by atoms with van der Waals surface area (Å²) in [6.45, 7) is 1.22. The highest BCUT2D eigenvalue weighted by Crippen LogP contribution is 2.30. The highest BCUT2D eigenvalue weighted by Gasteiger charge is 2.32. The Bertz CT molecular complexity index is 124. The molecule has 0 aromatic carbocycles. The third kappa shape index (κ3) is 1.57. The molecule has 2 saturated heterocycles. The molecule has 0 aliphatic carbocycles. The number of fused-ring (bicyclic) bond motifs is 2. The summed E-state index contributed by atoms with van der Waals surface area (Å²) in [7, 11) is 2.06. The predicted molar refractivity (Wildman–Crippen MR) is 46.6 cm³/mol. The third-order valence-electron chi connectivity index (χ3n) is 3.06. The molecule has 2 aliphatic rings. The van der Waals surface area contributed by atoms with Crippen LogP contribution in [0.3, 0.4) is 0 Å². The Balaban J connectivity index is 1.87. The summed E-state index contributed by atoms with van der Waals surface area (Å²) in [5, 5.41) is 6.93. The summed E-state index contributed by atoms with van der Waals surface area (Å²) in [6.07, 6.45) is 5.64. The molecule has 2 rings (SSSR count). The Hall–Kier alpha value is -0.0800. The average molecular weight is 154 g/mol. The fourth-order valence-corrected chi connectivity index (χ4v) is 2.63. The highest BCUT2D eigenvalue weighted by atomic mass is 15.0. The molecule has 0 aromatic rings. The van der Waals surface area contributed by atoms with Gasteiger partial charge >= 0.3 is 0 Å². The summed E-state index contributed by atoms with van der Waals surface area (Å²) in [4.78, 5) is 0. The van der Waals surface area contributed by atoms with Crippen LogP contribution in [0.15, 0.2) is 0 Å². The molecule has 11 heavy (non-hydrogen) atoms. The fourth-order valence-electron chi connectivity index (χ4n) is 2.63. The van der Waals surface area contributed by atoms with Gasteiger partial charge in [0.05, 0.1) is 0 Å². The maximum atomic E-state index is 3.65. The molecule has 0 radical (unpaired) electrons. The minimum Gasteiger partial charge on any atom is -0.319 e. The van der Waals surface area contributed by atoms with Gasteiger partial charge in [0.2, 0.25) is 0 Å². The Morgan fingerprint density at radius 1 is 1.27 bits per heavy atom. The van der Waals surface area contributed by atoms with Crippen molar-refractivity contribution in [3.63, 3.8) is 0 Å². The fraction of sp³-hybridized carbons (Fsp3) is 1.00. The van der Waals surface area contributed by atoms with Gasteiger partial charge in [-0.1, -0.05) is 0 Å². The zero-order chi connectivity index (χ0) is 7.68. The minimum absolute atomic E-state index is 0.854. The van der Waals surface area contributed by atoms with E-state index >= 15 is 0 Å². The molecule has 0 spiro atoms. The maximum absolute atomic E-state index is 3.65. The van der Waals surface area contributed by atoms with Gasteiger partial charge in [-0.3, -0.25) is 0 Å². The van der Waals surface area contributed by atoms with Crippen LogP contribution < -0.4 is 10.6 Å². The van der Waals surface area contributed by atoms with Crippen molar-refractivity contribution in [2.75, 3.05) is 13.6 Å². The lowest BCUT2D eigenvalue weighted by molar-refractivity contribution is 0.295. The van der Waals surface area contributed by atoms with E-state index in [9.17, 15) is 0 Å². The number of nitrogens with one attached hydrogen (secondary N) is 2. The van der Waals surface area contributed by atoms with E-state index in [4.69, 9.17) is 0 Å². The standard InChI is InChI=1S/C9H18N2/c1-10-6-7-4-8-2-3-9(5-7)11-8/h7-11H,2-6H2,1H3. The van der Waals surface area contributed by atoms with Crippen LogP contribution in [0.4, 0.5) is 0 Å². The van der Waals surface area contributed by atoms with E-state index in [0.717, 1.165) is 18.0 Å². The molecular formula is C9H18N2. The van der Waals surface area contributed by atoms with Gasteiger partial charge in [-0.25, -0.2) is 0 Å². The quantitative estimate of drug-likeness (QED) is 0.613. The zero-order valence-electron chi connectivity index (χ0n) is 7.27.